The number of rotatable bonds is 4. The SMILES string of the molecule is C=C(C[Si](C)(C)c1ccccc1)c1ccc(C#N)cc1. The van der Waals surface area contributed by atoms with E-state index in [1.54, 1.807) is 0 Å². The topological polar surface area (TPSA) is 23.8 Å². The molecule has 0 saturated heterocycles. The summed E-state index contributed by atoms with van der Waals surface area (Å²) in [5.74, 6) is 0. The largest absolute Gasteiger partial charge is 0.192 e. The van der Waals surface area contributed by atoms with Crippen LogP contribution in [0, 0.1) is 11.3 Å². The van der Waals surface area contributed by atoms with Crippen molar-refractivity contribution >= 4 is 18.8 Å². The summed E-state index contributed by atoms with van der Waals surface area (Å²) in [5, 5.41) is 10.3. The standard InChI is InChI=1S/C18H19NSi/c1-15(17-11-9-16(13-19)10-12-17)14-20(2,3)18-7-5-4-6-8-18/h4-12H,1,14H2,2-3H3. The fourth-order valence-electron chi connectivity index (χ4n) is 2.41. The van der Waals surface area contributed by atoms with Crippen molar-refractivity contribution in [1.82, 2.24) is 0 Å². The van der Waals surface area contributed by atoms with Gasteiger partial charge in [-0.15, -0.1) is 0 Å². The molecule has 0 aliphatic heterocycles. The minimum atomic E-state index is -1.51. The third kappa shape index (κ3) is 3.26. The van der Waals surface area contributed by atoms with Gasteiger partial charge in [-0.2, -0.15) is 5.26 Å². The van der Waals surface area contributed by atoms with Crippen molar-refractivity contribution in [2.24, 2.45) is 0 Å². The molecule has 0 fully saturated rings. The lowest BCUT2D eigenvalue weighted by Crippen LogP contribution is -2.41. The second kappa shape index (κ2) is 5.90. The van der Waals surface area contributed by atoms with Crippen LogP contribution in [0.2, 0.25) is 19.1 Å². The summed E-state index contributed by atoms with van der Waals surface area (Å²) in [4.78, 5) is 0. The maximum Gasteiger partial charge on any atom is 0.0991 e. The van der Waals surface area contributed by atoms with E-state index in [2.05, 4.69) is 56.1 Å². The van der Waals surface area contributed by atoms with Crippen LogP contribution in [-0.2, 0) is 0 Å². The minimum absolute atomic E-state index is 0.695. The van der Waals surface area contributed by atoms with Gasteiger partial charge < -0.3 is 0 Å². The van der Waals surface area contributed by atoms with E-state index in [-0.39, 0.29) is 0 Å². The Morgan fingerprint density at radius 2 is 1.65 bits per heavy atom. The van der Waals surface area contributed by atoms with Crippen LogP contribution in [0.25, 0.3) is 5.57 Å². The molecule has 0 aliphatic rings. The first kappa shape index (κ1) is 14.3. The molecule has 0 saturated carbocycles. The van der Waals surface area contributed by atoms with Crippen LogP contribution in [0.1, 0.15) is 11.1 Å². The highest BCUT2D eigenvalue weighted by atomic mass is 28.3. The summed E-state index contributed by atoms with van der Waals surface area (Å²) in [7, 11) is -1.51. The number of nitriles is 1. The highest BCUT2D eigenvalue weighted by Crippen LogP contribution is 2.24. The van der Waals surface area contributed by atoms with Crippen molar-refractivity contribution in [3.05, 3.63) is 72.3 Å². The molecule has 100 valence electrons. The number of hydrogen-bond donors (Lipinski definition) is 0. The van der Waals surface area contributed by atoms with Gasteiger partial charge in [0.05, 0.1) is 19.7 Å². The number of hydrogen-bond acceptors (Lipinski definition) is 1. The summed E-state index contributed by atoms with van der Waals surface area (Å²) in [6, 6.07) is 21.6. The van der Waals surface area contributed by atoms with E-state index >= 15 is 0 Å². The average Bonchev–Trinajstić information content (AvgIpc) is 2.48. The molecule has 2 heteroatoms. The van der Waals surface area contributed by atoms with Crippen molar-refractivity contribution < 1.29 is 0 Å². The zero-order chi connectivity index (χ0) is 14.6. The van der Waals surface area contributed by atoms with Gasteiger partial charge in [0.25, 0.3) is 0 Å². The Balaban J connectivity index is 2.16. The quantitative estimate of drug-likeness (QED) is 0.769. The molecule has 1 nitrogen and oxygen atoms in total. The van der Waals surface area contributed by atoms with Crippen LogP contribution in [0.15, 0.2) is 61.2 Å². The van der Waals surface area contributed by atoms with Crippen molar-refractivity contribution in [2.75, 3.05) is 0 Å². The molecule has 20 heavy (non-hydrogen) atoms. The smallest absolute Gasteiger partial charge is 0.0991 e. The molecule has 0 N–H and O–H groups in total. The van der Waals surface area contributed by atoms with E-state index in [1.165, 1.54) is 5.19 Å². The van der Waals surface area contributed by atoms with Gasteiger partial charge in [0, 0.05) is 0 Å². The van der Waals surface area contributed by atoms with E-state index in [4.69, 9.17) is 5.26 Å². The molecule has 2 aromatic carbocycles. The molecule has 0 amide bonds. The fraction of sp³-hybridized carbons (Fsp3) is 0.167. The van der Waals surface area contributed by atoms with Gasteiger partial charge >= 0.3 is 0 Å². The molecule has 0 unspecified atom stereocenters. The Morgan fingerprint density at radius 1 is 1.05 bits per heavy atom. The van der Waals surface area contributed by atoms with Gasteiger partial charge in [-0.25, -0.2) is 0 Å². The number of benzene rings is 2. The summed E-state index contributed by atoms with van der Waals surface area (Å²) in [5.41, 5.74) is 3.00. The summed E-state index contributed by atoms with van der Waals surface area (Å²) in [6.45, 7) is 8.99. The Labute approximate surface area is 122 Å². The third-order valence-electron chi connectivity index (χ3n) is 3.63. The molecule has 0 bridgehead atoms. The lowest BCUT2D eigenvalue weighted by atomic mass is 10.1. The molecular weight excluding hydrogens is 258 g/mol. The van der Waals surface area contributed by atoms with Gasteiger partial charge in [-0.3, -0.25) is 0 Å². The Kier molecular flexibility index (Phi) is 4.22. The molecule has 2 aromatic rings. The molecule has 0 aliphatic carbocycles. The van der Waals surface area contributed by atoms with E-state index in [1.807, 2.05) is 24.3 Å². The summed E-state index contributed by atoms with van der Waals surface area (Å²) >= 11 is 0. The molecule has 0 spiro atoms. The van der Waals surface area contributed by atoms with Gasteiger partial charge in [-0.05, 0) is 23.7 Å². The monoisotopic (exact) mass is 277 g/mol. The van der Waals surface area contributed by atoms with Crippen LogP contribution in [0.4, 0.5) is 0 Å². The highest BCUT2D eigenvalue weighted by Gasteiger charge is 2.24. The van der Waals surface area contributed by atoms with Crippen molar-refractivity contribution in [1.29, 1.82) is 5.26 Å². The fourth-order valence-corrected chi connectivity index (χ4v) is 4.98. The second-order valence-corrected chi connectivity index (χ2v) is 10.4. The maximum absolute atomic E-state index is 8.84. The van der Waals surface area contributed by atoms with Gasteiger partial charge in [0.2, 0.25) is 0 Å². The predicted octanol–water partition coefficient (Wildman–Crippen LogP) is 4.19. The molecule has 0 radical (unpaired) electrons. The molecule has 0 heterocycles. The lowest BCUT2D eigenvalue weighted by Gasteiger charge is -2.24. The third-order valence-corrected chi connectivity index (χ3v) is 6.84. The number of nitrogens with zero attached hydrogens (tertiary/aromatic N) is 1. The van der Waals surface area contributed by atoms with Crippen LogP contribution >= 0.6 is 0 Å². The van der Waals surface area contributed by atoms with Crippen molar-refractivity contribution in [3.8, 4) is 6.07 Å². The predicted molar refractivity (Wildman–Crippen MR) is 88.6 cm³/mol. The molecule has 0 aromatic heterocycles. The maximum atomic E-state index is 8.84. The molecule has 0 atom stereocenters. The Morgan fingerprint density at radius 3 is 2.20 bits per heavy atom. The van der Waals surface area contributed by atoms with Crippen LogP contribution < -0.4 is 5.19 Å². The highest BCUT2D eigenvalue weighted by molar-refractivity contribution is 6.90. The van der Waals surface area contributed by atoms with E-state index in [0.29, 0.717) is 5.56 Å². The first-order valence-corrected chi connectivity index (χ1v) is 9.97. The molecular formula is C18H19NSi. The normalized spacial score (nSPS) is 10.8. The van der Waals surface area contributed by atoms with Crippen LogP contribution in [-0.4, -0.2) is 8.07 Å². The van der Waals surface area contributed by atoms with Crippen molar-refractivity contribution in [2.45, 2.75) is 19.1 Å². The van der Waals surface area contributed by atoms with Gasteiger partial charge in [0.15, 0.2) is 0 Å². The first-order chi connectivity index (χ1) is 9.53. The molecule has 2 rings (SSSR count). The van der Waals surface area contributed by atoms with Gasteiger partial charge in [-0.1, -0.05) is 72.9 Å². The van der Waals surface area contributed by atoms with Crippen LogP contribution in [0.5, 0.6) is 0 Å². The average molecular weight is 277 g/mol. The van der Waals surface area contributed by atoms with Crippen LogP contribution in [0.3, 0.4) is 0 Å². The van der Waals surface area contributed by atoms with E-state index in [0.717, 1.165) is 17.2 Å². The summed E-state index contributed by atoms with van der Waals surface area (Å²) in [6.07, 6.45) is 0. The Hall–Kier alpha value is -2.11. The zero-order valence-electron chi connectivity index (χ0n) is 12.1. The van der Waals surface area contributed by atoms with E-state index in [9.17, 15) is 0 Å². The number of allylic oxidation sites excluding steroid dienone is 1. The zero-order valence-corrected chi connectivity index (χ0v) is 13.1. The minimum Gasteiger partial charge on any atom is -0.192 e. The summed E-state index contributed by atoms with van der Waals surface area (Å²) < 4.78 is 0. The Bertz CT molecular complexity index is 633. The lowest BCUT2D eigenvalue weighted by molar-refractivity contribution is 1.46. The van der Waals surface area contributed by atoms with E-state index < -0.39 is 8.07 Å². The van der Waals surface area contributed by atoms with Crippen molar-refractivity contribution in [3.63, 3.8) is 0 Å². The second-order valence-electron chi connectivity index (χ2n) is 5.72. The van der Waals surface area contributed by atoms with Gasteiger partial charge in [0.1, 0.15) is 0 Å². The first-order valence-electron chi connectivity index (χ1n) is 6.77.